The van der Waals surface area contributed by atoms with Gasteiger partial charge in [0.1, 0.15) is 11.6 Å². The van der Waals surface area contributed by atoms with Gasteiger partial charge < -0.3 is 0 Å². The highest BCUT2D eigenvalue weighted by atomic mass is 79.9. The van der Waals surface area contributed by atoms with Gasteiger partial charge in [-0.05, 0) is 24.5 Å². The largest absolute Gasteiger partial charge is 0.207 e. The van der Waals surface area contributed by atoms with Crippen LogP contribution in [0.3, 0.4) is 0 Å². The van der Waals surface area contributed by atoms with Crippen LogP contribution in [0.25, 0.3) is 0 Å². The summed E-state index contributed by atoms with van der Waals surface area (Å²) in [4.78, 5) is 0. The van der Waals surface area contributed by atoms with Gasteiger partial charge in [-0.3, -0.25) is 0 Å². The molecule has 0 N–H and O–H groups in total. The van der Waals surface area contributed by atoms with Gasteiger partial charge in [-0.1, -0.05) is 28.4 Å². The van der Waals surface area contributed by atoms with Crippen molar-refractivity contribution < 1.29 is 8.78 Å². The van der Waals surface area contributed by atoms with Crippen LogP contribution in [0.4, 0.5) is 8.78 Å². The maximum absolute atomic E-state index is 13.5. The molecular weight excluding hydrogens is 250 g/mol. The van der Waals surface area contributed by atoms with Crippen molar-refractivity contribution in [1.82, 2.24) is 0 Å². The molecule has 1 saturated carbocycles. The highest BCUT2D eigenvalue weighted by molar-refractivity contribution is 9.09. The van der Waals surface area contributed by atoms with Crippen LogP contribution in [0.2, 0.25) is 0 Å². The van der Waals surface area contributed by atoms with E-state index in [-0.39, 0.29) is 5.41 Å². The lowest BCUT2D eigenvalue weighted by molar-refractivity contribution is 0.271. The average Bonchev–Trinajstić information content (AvgIpc) is 2.07. The predicted molar refractivity (Wildman–Crippen MR) is 55.7 cm³/mol. The van der Waals surface area contributed by atoms with E-state index in [4.69, 9.17) is 0 Å². The van der Waals surface area contributed by atoms with Gasteiger partial charge in [0.25, 0.3) is 0 Å². The highest BCUT2D eigenvalue weighted by Gasteiger charge is 2.39. The topological polar surface area (TPSA) is 0 Å². The number of hydrogen-bond donors (Lipinski definition) is 0. The van der Waals surface area contributed by atoms with Crippen molar-refractivity contribution in [1.29, 1.82) is 0 Å². The second-order valence-corrected chi connectivity index (χ2v) is 4.45. The number of alkyl halides is 1. The molecule has 1 aromatic carbocycles. The van der Waals surface area contributed by atoms with Gasteiger partial charge >= 0.3 is 0 Å². The Balaban J connectivity index is 2.40. The normalized spacial score (nSPS) is 19.1. The van der Waals surface area contributed by atoms with Crippen LogP contribution < -0.4 is 0 Å². The van der Waals surface area contributed by atoms with Crippen molar-refractivity contribution >= 4 is 15.9 Å². The number of hydrogen-bond acceptors (Lipinski definition) is 0. The standard InChI is InChI=1S/C11H11BrF2/c12-7-11(4-1-5-11)9-3-2-8(13)6-10(9)14/h2-3,6H,1,4-5,7H2. The summed E-state index contributed by atoms with van der Waals surface area (Å²) >= 11 is 3.41. The van der Waals surface area contributed by atoms with Crippen LogP contribution in [0.15, 0.2) is 18.2 Å². The van der Waals surface area contributed by atoms with Gasteiger partial charge in [0.05, 0.1) is 0 Å². The van der Waals surface area contributed by atoms with E-state index in [2.05, 4.69) is 15.9 Å². The molecule has 0 amide bonds. The van der Waals surface area contributed by atoms with Crippen molar-refractivity contribution in [3.05, 3.63) is 35.4 Å². The summed E-state index contributed by atoms with van der Waals surface area (Å²) in [5, 5.41) is 0.753. The number of benzene rings is 1. The Morgan fingerprint density at radius 2 is 2.00 bits per heavy atom. The first-order chi connectivity index (χ1) is 6.68. The van der Waals surface area contributed by atoms with E-state index in [0.29, 0.717) is 5.56 Å². The molecule has 0 saturated heterocycles. The molecule has 0 nitrogen and oxygen atoms in total. The number of rotatable bonds is 2. The van der Waals surface area contributed by atoms with Gasteiger partial charge in [-0.2, -0.15) is 0 Å². The molecule has 0 aliphatic heterocycles. The van der Waals surface area contributed by atoms with Crippen LogP contribution >= 0.6 is 15.9 Å². The Labute approximate surface area is 90.4 Å². The molecule has 3 heteroatoms. The molecule has 14 heavy (non-hydrogen) atoms. The van der Waals surface area contributed by atoms with E-state index in [0.717, 1.165) is 30.7 Å². The van der Waals surface area contributed by atoms with E-state index in [1.165, 1.54) is 6.07 Å². The molecule has 0 spiro atoms. The second kappa shape index (κ2) is 3.61. The molecule has 0 heterocycles. The molecule has 2 rings (SSSR count). The lowest BCUT2D eigenvalue weighted by Crippen LogP contribution is -2.36. The van der Waals surface area contributed by atoms with Crippen molar-refractivity contribution in [2.24, 2.45) is 0 Å². The zero-order valence-corrected chi connectivity index (χ0v) is 9.28. The Bertz CT molecular complexity index is 340. The van der Waals surface area contributed by atoms with Gasteiger partial charge in [0, 0.05) is 16.8 Å². The molecule has 1 aliphatic carbocycles. The van der Waals surface area contributed by atoms with Crippen molar-refractivity contribution in [2.75, 3.05) is 5.33 Å². The third kappa shape index (κ3) is 1.48. The van der Waals surface area contributed by atoms with Crippen molar-refractivity contribution in [2.45, 2.75) is 24.7 Å². The smallest absolute Gasteiger partial charge is 0.129 e. The molecule has 1 aliphatic rings. The van der Waals surface area contributed by atoms with Gasteiger partial charge in [-0.25, -0.2) is 8.78 Å². The van der Waals surface area contributed by atoms with E-state index >= 15 is 0 Å². The lowest BCUT2D eigenvalue weighted by Gasteiger charge is -2.41. The minimum absolute atomic E-state index is 0.0855. The van der Waals surface area contributed by atoms with Crippen LogP contribution in [-0.4, -0.2) is 5.33 Å². The molecule has 0 atom stereocenters. The van der Waals surface area contributed by atoms with E-state index in [1.54, 1.807) is 6.07 Å². The minimum Gasteiger partial charge on any atom is -0.207 e. The van der Waals surface area contributed by atoms with Crippen LogP contribution in [0.5, 0.6) is 0 Å². The minimum atomic E-state index is -0.504. The van der Waals surface area contributed by atoms with Crippen LogP contribution in [0.1, 0.15) is 24.8 Å². The Hall–Kier alpha value is -0.440. The first kappa shape index (κ1) is 10.1. The first-order valence-electron chi connectivity index (χ1n) is 4.69. The molecule has 1 aromatic rings. The van der Waals surface area contributed by atoms with Crippen LogP contribution in [-0.2, 0) is 5.41 Å². The van der Waals surface area contributed by atoms with Gasteiger partial charge in [0.2, 0.25) is 0 Å². The second-order valence-electron chi connectivity index (χ2n) is 3.89. The zero-order valence-electron chi connectivity index (χ0n) is 7.69. The summed E-state index contributed by atoms with van der Waals surface area (Å²) in [6, 6.07) is 3.88. The Morgan fingerprint density at radius 1 is 1.29 bits per heavy atom. The summed E-state index contributed by atoms with van der Waals surface area (Å²) in [5.74, 6) is -0.917. The summed E-state index contributed by atoms with van der Waals surface area (Å²) in [5.41, 5.74) is 0.569. The fourth-order valence-electron chi connectivity index (χ4n) is 2.00. The quantitative estimate of drug-likeness (QED) is 0.710. The summed E-state index contributed by atoms with van der Waals surface area (Å²) in [6.45, 7) is 0. The van der Waals surface area contributed by atoms with Crippen LogP contribution in [0, 0.1) is 11.6 Å². The third-order valence-corrected chi connectivity index (χ3v) is 4.14. The summed E-state index contributed by atoms with van der Waals surface area (Å²) in [7, 11) is 0. The molecule has 0 unspecified atom stereocenters. The fraction of sp³-hybridized carbons (Fsp3) is 0.455. The van der Waals surface area contributed by atoms with Gasteiger partial charge in [0.15, 0.2) is 0 Å². The highest BCUT2D eigenvalue weighted by Crippen LogP contribution is 2.45. The lowest BCUT2D eigenvalue weighted by atomic mass is 9.66. The van der Waals surface area contributed by atoms with Crippen molar-refractivity contribution in [3.63, 3.8) is 0 Å². The maximum Gasteiger partial charge on any atom is 0.129 e. The van der Waals surface area contributed by atoms with E-state index < -0.39 is 11.6 Å². The van der Waals surface area contributed by atoms with Gasteiger partial charge in [-0.15, -0.1) is 0 Å². The van der Waals surface area contributed by atoms with E-state index in [1.807, 2.05) is 0 Å². The Kier molecular flexibility index (Phi) is 2.60. The molecular formula is C11H11BrF2. The number of halogens is 3. The molecule has 0 bridgehead atoms. The fourth-order valence-corrected chi connectivity index (χ4v) is 2.86. The van der Waals surface area contributed by atoms with Crippen molar-refractivity contribution in [3.8, 4) is 0 Å². The predicted octanol–water partition coefficient (Wildman–Crippen LogP) is 3.78. The third-order valence-electron chi connectivity index (χ3n) is 3.07. The first-order valence-corrected chi connectivity index (χ1v) is 5.82. The summed E-state index contributed by atoms with van der Waals surface area (Å²) in [6.07, 6.45) is 3.10. The average molecular weight is 261 g/mol. The SMILES string of the molecule is Fc1ccc(C2(CBr)CCC2)c(F)c1. The molecule has 1 fully saturated rings. The monoisotopic (exact) mass is 260 g/mol. The van der Waals surface area contributed by atoms with E-state index in [9.17, 15) is 8.78 Å². The zero-order chi connectivity index (χ0) is 10.2. The Morgan fingerprint density at radius 3 is 2.43 bits per heavy atom. The maximum atomic E-state index is 13.5. The molecule has 76 valence electrons. The molecule has 0 radical (unpaired) electrons. The summed E-state index contributed by atoms with van der Waals surface area (Å²) < 4.78 is 26.2. The molecule has 0 aromatic heterocycles.